The molecule has 2 rings (SSSR count). The predicted molar refractivity (Wildman–Crippen MR) is 101 cm³/mol. The fourth-order valence-electron chi connectivity index (χ4n) is 2.39. The van der Waals surface area contributed by atoms with Gasteiger partial charge in [-0.05, 0) is 43.2 Å². The first-order valence-corrected chi connectivity index (χ1v) is 8.80. The summed E-state index contributed by atoms with van der Waals surface area (Å²) < 4.78 is 0. The van der Waals surface area contributed by atoms with Crippen molar-refractivity contribution in [2.45, 2.75) is 25.8 Å². The van der Waals surface area contributed by atoms with Crippen molar-refractivity contribution in [3.8, 4) is 0 Å². The first-order chi connectivity index (χ1) is 12.0. The molecule has 2 amide bonds. The molecule has 0 bridgehead atoms. The number of rotatable bonds is 7. The normalized spacial score (nSPS) is 11.6. The van der Waals surface area contributed by atoms with Crippen LogP contribution in [0.25, 0.3) is 0 Å². The van der Waals surface area contributed by atoms with Crippen molar-refractivity contribution in [3.05, 3.63) is 69.7 Å². The van der Waals surface area contributed by atoms with Crippen LogP contribution >= 0.6 is 23.2 Å². The van der Waals surface area contributed by atoms with E-state index >= 15 is 0 Å². The van der Waals surface area contributed by atoms with Crippen LogP contribution < -0.4 is 10.6 Å². The standard InChI is InChI=1S/C19H20Cl2N2O2/c1-13(16-10-9-15(20)12-17(16)21)23-18(24)8-5-11-22-19(25)14-6-3-2-4-7-14/h2-4,6-7,9-10,12-13H,5,8,11H2,1H3,(H,22,25)(H,23,24). The van der Waals surface area contributed by atoms with Crippen LogP contribution in [-0.2, 0) is 4.79 Å². The van der Waals surface area contributed by atoms with Gasteiger partial charge in [0.05, 0.1) is 6.04 Å². The zero-order valence-corrected chi connectivity index (χ0v) is 15.4. The van der Waals surface area contributed by atoms with Gasteiger partial charge in [-0.2, -0.15) is 0 Å². The molecule has 0 aliphatic carbocycles. The number of hydrogen-bond donors (Lipinski definition) is 2. The van der Waals surface area contributed by atoms with Crippen molar-refractivity contribution in [1.29, 1.82) is 0 Å². The number of carbonyl (C=O) groups is 2. The van der Waals surface area contributed by atoms with Crippen LogP contribution in [0.1, 0.15) is 41.7 Å². The van der Waals surface area contributed by atoms with E-state index in [1.807, 2.05) is 25.1 Å². The maximum absolute atomic E-state index is 12.0. The van der Waals surface area contributed by atoms with Crippen molar-refractivity contribution < 1.29 is 9.59 Å². The molecule has 2 aromatic carbocycles. The molecule has 0 radical (unpaired) electrons. The first-order valence-electron chi connectivity index (χ1n) is 8.05. The molecule has 0 aliphatic heterocycles. The highest BCUT2D eigenvalue weighted by Gasteiger charge is 2.13. The summed E-state index contributed by atoms with van der Waals surface area (Å²) >= 11 is 12.0. The fraction of sp³-hybridized carbons (Fsp3) is 0.263. The van der Waals surface area contributed by atoms with Gasteiger partial charge in [0.15, 0.2) is 0 Å². The lowest BCUT2D eigenvalue weighted by Crippen LogP contribution is -2.29. The SMILES string of the molecule is CC(NC(=O)CCCNC(=O)c1ccccc1)c1ccc(Cl)cc1Cl. The van der Waals surface area contributed by atoms with E-state index in [0.717, 1.165) is 5.56 Å². The molecule has 0 saturated carbocycles. The molecule has 1 unspecified atom stereocenters. The van der Waals surface area contributed by atoms with Gasteiger partial charge in [-0.15, -0.1) is 0 Å². The highest BCUT2D eigenvalue weighted by Crippen LogP contribution is 2.26. The molecule has 0 fully saturated rings. The second kappa shape index (κ2) is 9.44. The van der Waals surface area contributed by atoms with Crippen LogP contribution in [0.2, 0.25) is 10.0 Å². The van der Waals surface area contributed by atoms with Crippen LogP contribution in [0.15, 0.2) is 48.5 Å². The Bertz CT molecular complexity index is 735. The van der Waals surface area contributed by atoms with Crippen LogP contribution in [0.5, 0.6) is 0 Å². The van der Waals surface area contributed by atoms with Crippen molar-refractivity contribution in [3.63, 3.8) is 0 Å². The van der Waals surface area contributed by atoms with Crippen LogP contribution in [0.4, 0.5) is 0 Å². The third-order valence-corrected chi connectivity index (χ3v) is 4.27. The van der Waals surface area contributed by atoms with Gasteiger partial charge in [0.25, 0.3) is 5.91 Å². The molecular formula is C19H20Cl2N2O2. The van der Waals surface area contributed by atoms with E-state index in [-0.39, 0.29) is 17.9 Å². The molecule has 2 aromatic rings. The Balaban J connectivity index is 1.72. The second-order valence-corrected chi connectivity index (χ2v) is 6.52. The van der Waals surface area contributed by atoms with E-state index in [4.69, 9.17) is 23.2 Å². The number of carbonyl (C=O) groups excluding carboxylic acids is 2. The summed E-state index contributed by atoms with van der Waals surface area (Å²) in [5.41, 5.74) is 1.43. The van der Waals surface area contributed by atoms with Gasteiger partial charge >= 0.3 is 0 Å². The van der Waals surface area contributed by atoms with E-state index in [9.17, 15) is 9.59 Å². The molecule has 0 heterocycles. The summed E-state index contributed by atoms with van der Waals surface area (Å²) in [7, 11) is 0. The second-order valence-electron chi connectivity index (χ2n) is 5.68. The Morgan fingerprint density at radius 1 is 1.08 bits per heavy atom. The predicted octanol–water partition coefficient (Wildman–Crippen LogP) is 4.38. The van der Waals surface area contributed by atoms with Crippen LogP contribution in [0.3, 0.4) is 0 Å². The zero-order chi connectivity index (χ0) is 18.2. The summed E-state index contributed by atoms with van der Waals surface area (Å²) in [6.07, 6.45) is 0.885. The third-order valence-electron chi connectivity index (χ3n) is 3.71. The smallest absolute Gasteiger partial charge is 0.251 e. The van der Waals surface area contributed by atoms with Crippen LogP contribution in [0, 0.1) is 0 Å². The lowest BCUT2D eigenvalue weighted by molar-refractivity contribution is -0.121. The summed E-state index contributed by atoms with van der Waals surface area (Å²) in [5, 5.41) is 6.78. The van der Waals surface area contributed by atoms with Crippen molar-refractivity contribution in [1.82, 2.24) is 10.6 Å². The van der Waals surface area contributed by atoms with E-state index in [2.05, 4.69) is 10.6 Å². The monoisotopic (exact) mass is 378 g/mol. The molecular weight excluding hydrogens is 359 g/mol. The summed E-state index contributed by atoms with van der Waals surface area (Å²) in [5.74, 6) is -0.227. The molecule has 0 saturated heterocycles. The average molecular weight is 379 g/mol. The van der Waals surface area contributed by atoms with E-state index in [0.29, 0.717) is 35.0 Å². The average Bonchev–Trinajstić information content (AvgIpc) is 2.59. The molecule has 0 spiro atoms. The molecule has 25 heavy (non-hydrogen) atoms. The summed E-state index contributed by atoms with van der Waals surface area (Å²) in [6, 6.07) is 14.0. The van der Waals surface area contributed by atoms with Gasteiger partial charge in [0, 0.05) is 28.6 Å². The number of nitrogens with one attached hydrogen (secondary N) is 2. The molecule has 4 nitrogen and oxygen atoms in total. The Morgan fingerprint density at radius 3 is 2.48 bits per heavy atom. The minimum atomic E-state index is -0.212. The number of halogens is 2. The largest absolute Gasteiger partial charge is 0.352 e. The third kappa shape index (κ3) is 6.07. The number of benzene rings is 2. The summed E-state index contributed by atoms with van der Waals surface area (Å²) in [4.78, 5) is 23.9. The van der Waals surface area contributed by atoms with Crippen molar-refractivity contribution in [2.24, 2.45) is 0 Å². The quantitative estimate of drug-likeness (QED) is 0.702. The van der Waals surface area contributed by atoms with E-state index in [1.165, 1.54) is 0 Å². The van der Waals surface area contributed by atoms with Gasteiger partial charge in [0.2, 0.25) is 5.91 Å². The van der Waals surface area contributed by atoms with Gasteiger partial charge in [-0.1, -0.05) is 47.5 Å². The highest BCUT2D eigenvalue weighted by molar-refractivity contribution is 6.35. The topological polar surface area (TPSA) is 58.2 Å². The van der Waals surface area contributed by atoms with Crippen LogP contribution in [-0.4, -0.2) is 18.4 Å². The zero-order valence-electron chi connectivity index (χ0n) is 13.9. The van der Waals surface area contributed by atoms with Gasteiger partial charge in [-0.25, -0.2) is 0 Å². The maximum Gasteiger partial charge on any atom is 0.251 e. The maximum atomic E-state index is 12.0. The van der Waals surface area contributed by atoms with Gasteiger partial charge in [-0.3, -0.25) is 9.59 Å². The molecule has 6 heteroatoms. The minimum absolute atomic E-state index is 0.0903. The Morgan fingerprint density at radius 2 is 1.80 bits per heavy atom. The number of hydrogen-bond acceptors (Lipinski definition) is 2. The Labute approximate surface area is 157 Å². The van der Waals surface area contributed by atoms with Crippen molar-refractivity contribution in [2.75, 3.05) is 6.54 Å². The molecule has 0 aromatic heterocycles. The van der Waals surface area contributed by atoms with Gasteiger partial charge < -0.3 is 10.6 Å². The lowest BCUT2D eigenvalue weighted by Gasteiger charge is -2.16. The minimum Gasteiger partial charge on any atom is -0.352 e. The Kier molecular flexibility index (Phi) is 7.29. The lowest BCUT2D eigenvalue weighted by atomic mass is 10.1. The van der Waals surface area contributed by atoms with E-state index in [1.54, 1.807) is 30.3 Å². The molecule has 1 atom stereocenters. The molecule has 2 N–H and O–H groups in total. The Hall–Kier alpha value is -2.04. The van der Waals surface area contributed by atoms with Gasteiger partial charge in [0.1, 0.15) is 0 Å². The summed E-state index contributed by atoms with van der Waals surface area (Å²) in [6.45, 7) is 2.31. The first kappa shape index (κ1) is 19.3. The number of amides is 2. The van der Waals surface area contributed by atoms with E-state index < -0.39 is 0 Å². The van der Waals surface area contributed by atoms with Crippen molar-refractivity contribution >= 4 is 35.0 Å². The highest BCUT2D eigenvalue weighted by atomic mass is 35.5. The molecule has 0 aliphatic rings. The molecule has 132 valence electrons. The fourth-order valence-corrected chi connectivity index (χ4v) is 2.96.